The summed E-state index contributed by atoms with van der Waals surface area (Å²) in [5.74, 6) is -2.01. The second-order valence-corrected chi connectivity index (χ2v) is 5.40. The molecule has 0 N–H and O–H groups in total. The normalized spacial score (nSPS) is 14.5. The van der Waals surface area contributed by atoms with Crippen LogP contribution in [0.15, 0.2) is 0 Å². The van der Waals surface area contributed by atoms with Crippen LogP contribution >= 0.6 is 19.2 Å². The second kappa shape index (κ2) is 6.58. The van der Waals surface area contributed by atoms with Crippen LogP contribution in [0.2, 0.25) is 0 Å². The third-order valence-corrected chi connectivity index (χ3v) is 3.80. The monoisotopic (exact) mass is 298 g/mol. The van der Waals surface area contributed by atoms with Crippen LogP contribution in [0.5, 0.6) is 0 Å². The molecule has 0 amide bonds. The zero-order valence-corrected chi connectivity index (χ0v) is 10.6. The van der Waals surface area contributed by atoms with Gasteiger partial charge in [-0.1, -0.05) is 0 Å². The van der Waals surface area contributed by atoms with E-state index in [-0.39, 0.29) is 0 Å². The smallest absolute Gasteiger partial charge is 0.426 e. The van der Waals surface area contributed by atoms with Gasteiger partial charge in [0.2, 0.25) is 6.10 Å². The first kappa shape index (κ1) is 16.7. The molecule has 0 spiro atoms. The molecule has 0 aromatic heterocycles. The molecule has 17 heavy (non-hydrogen) atoms. The molecule has 0 radical (unpaired) electrons. The highest BCUT2D eigenvalue weighted by molar-refractivity contribution is 7.53. The van der Waals surface area contributed by atoms with Crippen LogP contribution in [-0.2, 0) is 23.1 Å². The fraction of sp³-hybridized carbons (Fsp3) is 0.857. The van der Waals surface area contributed by atoms with Crippen LogP contribution in [0.4, 0.5) is 13.2 Å². The Morgan fingerprint density at radius 3 is 2.12 bits per heavy atom. The number of hydrogen-bond acceptors (Lipinski definition) is 5. The molecular weight excluding hydrogens is 287 g/mol. The fourth-order valence-electron chi connectivity index (χ4n) is 0.824. The Kier molecular flexibility index (Phi) is 6.47. The molecule has 0 aromatic rings. The standard InChI is InChI=1S/C7H11ClF3O5P/c1-14-17(13,15-2)4-5(7(9,10)11)16-6(12)3-8/h5H,3-4H2,1-2H3/t5-/m1/s1. The predicted molar refractivity (Wildman–Crippen MR) is 53.1 cm³/mol. The summed E-state index contributed by atoms with van der Waals surface area (Å²) in [7, 11) is -2.08. The zero-order valence-electron chi connectivity index (χ0n) is 8.99. The van der Waals surface area contributed by atoms with Crippen molar-refractivity contribution in [1.29, 1.82) is 0 Å². The summed E-state index contributed by atoms with van der Waals surface area (Å²) in [6.45, 7) is 0. The number of hydrogen-bond donors (Lipinski definition) is 0. The van der Waals surface area contributed by atoms with Crippen LogP contribution in [-0.4, -0.2) is 44.5 Å². The van der Waals surface area contributed by atoms with Crippen LogP contribution < -0.4 is 0 Å². The lowest BCUT2D eigenvalue weighted by atomic mass is 10.4. The predicted octanol–water partition coefficient (Wildman–Crippen LogP) is 2.19. The van der Waals surface area contributed by atoms with Gasteiger partial charge in [0, 0.05) is 14.2 Å². The largest absolute Gasteiger partial charge is 0.451 e. The van der Waals surface area contributed by atoms with E-state index in [0.29, 0.717) is 0 Å². The van der Waals surface area contributed by atoms with Gasteiger partial charge >= 0.3 is 19.7 Å². The summed E-state index contributed by atoms with van der Waals surface area (Å²) in [4.78, 5) is 10.7. The highest BCUT2D eigenvalue weighted by Gasteiger charge is 2.47. The molecule has 0 aliphatic carbocycles. The molecule has 0 aliphatic rings. The highest BCUT2D eigenvalue weighted by Crippen LogP contribution is 2.49. The van der Waals surface area contributed by atoms with Gasteiger partial charge in [-0.05, 0) is 0 Å². The van der Waals surface area contributed by atoms with Crippen molar-refractivity contribution in [2.45, 2.75) is 12.3 Å². The minimum atomic E-state index is -4.88. The number of ether oxygens (including phenoxy) is 1. The van der Waals surface area contributed by atoms with Crippen molar-refractivity contribution in [2.24, 2.45) is 0 Å². The maximum absolute atomic E-state index is 12.5. The molecule has 0 aliphatic heterocycles. The van der Waals surface area contributed by atoms with Crippen molar-refractivity contribution in [3.8, 4) is 0 Å². The summed E-state index contributed by atoms with van der Waals surface area (Å²) >= 11 is 5.01. The lowest BCUT2D eigenvalue weighted by Crippen LogP contribution is -2.37. The average molecular weight is 299 g/mol. The number of halogens is 4. The van der Waals surface area contributed by atoms with Crippen molar-refractivity contribution in [3.05, 3.63) is 0 Å². The molecule has 0 rings (SSSR count). The molecular formula is C7H11ClF3O5P. The molecule has 0 fully saturated rings. The molecule has 0 heterocycles. The number of rotatable bonds is 6. The van der Waals surface area contributed by atoms with Crippen LogP contribution in [0.3, 0.4) is 0 Å². The second-order valence-electron chi connectivity index (χ2n) is 2.81. The fourth-order valence-corrected chi connectivity index (χ4v) is 2.02. The van der Waals surface area contributed by atoms with Gasteiger partial charge in [-0.2, -0.15) is 13.2 Å². The number of carbonyl (C=O) groups is 1. The van der Waals surface area contributed by atoms with Crippen molar-refractivity contribution in [2.75, 3.05) is 26.3 Å². The van der Waals surface area contributed by atoms with Gasteiger partial charge in [-0.15, -0.1) is 11.6 Å². The Bertz CT molecular complexity index is 300. The van der Waals surface area contributed by atoms with Gasteiger partial charge < -0.3 is 13.8 Å². The van der Waals surface area contributed by atoms with Gasteiger partial charge in [0.05, 0.1) is 6.16 Å². The van der Waals surface area contributed by atoms with E-state index in [4.69, 9.17) is 11.6 Å². The minimum absolute atomic E-state index is 0.739. The molecule has 0 unspecified atom stereocenters. The van der Waals surface area contributed by atoms with E-state index in [0.717, 1.165) is 14.2 Å². The zero-order chi connectivity index (χ0) is 13.7. The number of carbonyl (C=O) groups excluding carboxylic acids is 1. The lowest BCUT2D eigenvalue weighted by molar-refractivity contribution is -0.214. The summed E-state index contributed by atoms with van der Waals surface area (Å²) < 4.78 is 61.6. The Morgan fingerprint density at radius 1 is 1.35 bits per heavy atom. The number of esters is 1. The van der Waals surface area contributed by atoms with E-state index in [1.54, 1.807) is 0 Å². The molecule has 1 atom stereocenters. The van der Waals surface area contributed by atoms with Crippen LogP contribution in [0, 0.1) is 0 Å². The van der Waals surface area contributed by atoms with E-state index in [9.17, 15) is 22.5 Å². The Morgan fingerprint density at radius 2 is 1.82 bits per heavy atom. The third-order valence-electron chi connectivity index (χ3n) is 1.69. The van der Waals surface area contributed by atoms with Crippen molar-refractivity contribution >= 4 is 25.2 Å². The summed E-state index contributed by atoms with van der Waals surface area (Å²) in [6.07, 6.45) is -8.58. The average Bonchev–Trinajstić information content (AvgIpc) is 2.26. The molecule has 5 nitrogen and oxygen atoms in total. The van der Waals surface area contributed by atoms with Gasteiger partial charge in [-0.25, -0.2) is 0 Å². The molecule has 10 heteroatoms. The summed E-state index contributed by atoms with van der Waals surface area (Å²) in [6, 6.07) is 0. The van der Waals surface area contributed by atoms with Gasteiger partial charge in [-0.3, -0.25) is 9.36 Å². The molecule has 102 valence electrons. The SMILES string of the molecule is COP(=O)(C[C@@H](OC(=O)CCl)C(F)(F)F)OC. The van der Waals surface area contributed by atoms with E-state index in [1.807, 2.05) is 0 Å². The minimum Gasteiger partial charge on any atom is -0.451 e. The van der Waals surface area contributed by atoms with E-state index in [1.165, 1.54) is 0 Å². The molecule has 0 aromatic carbocycles. The summed E-state index contributed by atoms with van der Waals surface area (Å²) in [5, 5.41) is 0. The van der Waals surface area contributed by atoms with E-state index >= 15 is 0 Å². The maximum atomic E-state index is 12.5. The van der Waals surface area contributed by atoms with Crippen LogP contribution in [0.1, 0.15) is 0 Å². The Balaban J connectivity index is 4.84. The first-order valence-corrected chi connectivity index (χ1v) is 6.47. The Hall–Kier alpha value is -0.300. The molecule has 0 saturated carbocycles. The summed E-state index contributed by atoms with van der Waals surface area (Å²) in [5.41, 5.74) is 0. The van der Waals surface area contributed by atoms with Crippen molar-refractivity contribution in [1.82, 2.24) is 0 Å². The van der Waals surface area contributed by atoms with Crippen molar-refractivity contribution < 1.29 is 36.3 Å². The lowest BCUT2D eigenvalue weighted by Gasteiger charge is -2.23. The van der Waals surface area contributed by atoms with Gasteiger partial charge in [0.15, 0.2) is 0 Å². The quantitative estimate of drug-likeness (QED) is 0.427. The first-order chi connectivity index (χ1) is 7.68. The highest BCUT2D eigenvalue weighted by atomic mass is 35.5. The van der Waals surface area contributed by atoms with E-state index in [2.05, 4.69) is 13.8 Å². The van der Waals surface area contributed by atoms with Gasteiger partial charge in [0.1, 0.15) is 5.88 Å². The van der Waals surface area contributed by atoms with E-state index < -0.39 is 37.9 Å². The van der Waals surface area contributed by atoms with Crippen LogP contribution in [0.25, 0.3) is 0 Å². The molecule has 0 saturated heterocycles. The third kappa shape index (κ3) is 5.72. The number of alkyl halides is 4. The topological polar surface area (TPSA) is 61.8 Å². The Labute approximate surface area is 101 Å². The molecule has 0 bridgehead atoms. The maximum Gasteiger partial charge on any atom is 0.426 e. The van der Waals surface area contributed by atoms with Gasteiger partial charge in [0.25, 0.3) is 0 Å². The van der Waals surface area contributed by atoms with Crippen molar-refractivity contribution in [3.63, 3.8) is 0 Å². The first-order valence-electron chi connectivity index (χ1n) is 4.21.